The van der Waals surface area contributed by atoms with E-state index < -0.39 is 14.1 Å². The average Bonchev–Trinajstić information content (AvgIpc) is 1.63. The number of ether oxygens (including phenoxy) is 1. The fraction of sp³-hybridized carbons (Fsp3) is 0.500. The third-order valence-electron chi connectivity index (χ3n) is 0.494. The number of halogens is 1. The van der Waals surface area contributed by atoms with E-state index >= 15 is 0 Å². The highest BCUT2D eigenvalue weighted by Gasteiger charge is 2.01. The van der Waals surface area contributed by atoms with Gasteiger partial charge in [-0.25, -0.2) is 4.79 Å². The molecule has 0 aromatic heterocycles. The van der Waals surface area contributed by atoms with Gasteiger partial charge in [-0.05, 0) is 6.92 Å². The second-order valence-electron chi connectivity index (χ2n) is 1.15. The molecule has 9 heavy (non-hydrogen) atoms. The van der Waals surface area contributed by atoms with Crippen molar-refractivity contribution in [2.45, 2.75) is 6.92 Å². The summed E-state index contributed by atoms with van der Waals surface area (Å²) in [5.41, 5.74) is 0. The lowest BCUT2D eigenvalue weighted by molar-refractivity contribution is -0.162. The maximum atomic E-state index is 11.4. The number of esters is 1. The smallest absolute Gasteiger partial charge is 0.376 e. The summed E-state index contributed by atoms with van der Waals surface area (Å²) in [5, 5.41) is 0. The molecule has 0 aliphatic rings. The van der Waals surface area contributed by atoms with Crippen molar-refractivity contribution in [1.29, 1.82) is 0 Å². The van der Waals surface area contributed by atoms with Crippen molar-refractivity contribution in [2.75, 3.05) is 6.61 Å². The molecule has 0 rings (SSSR count). The SMILES string of the molecule is CCOC(=O)C=[P+]([O-])F. The van der Waals surface area contributed by atoms with Crippen molar-refractivity contribution < 1.29 is 18.6 Å². The van der Waals surface area contributed by atoms with E-state index in [0.717, 1.165) is 0 Å². The largest absolute Gasteiger partial charge is 0.598 e. The normalized spacial score (nSPS) is 11.2. The molecule has 0 aliphatic heterocycles. The van der Waals surface area contributed by atoms with Gasteiger partial charge in [0, 0.05) is 4.20 Å². The molecule has 0 aliphatic carbocycles. The molecule has 0 radical (unpaired) electrons. The Morgan fingerprint density at radius 2 is 2.56 bits per heavy atom. The van der Waals surface area contributed by atoms with Crippen LogP contribution in [0.5, 0.6) is 0 Å². The topological polar surface area (TPSA) is 49.4 Å². The lowest BCUT2D eigenvalue weighted by atomic mass is 10.8. The minimum Gasteiger partial charge on any atom is -0.598 e. The van der Waals surface area contributed by atoms with Gasteiger partial charge in [-0.2, -0.15) is 0 Å². The summed E-state index contributed by atoms with van der Waals surface area (Å²) < 4.78 is 15.7. The minimum atomic E-state index is -3.00. The molecule has 0 aromatic rings. The van der Waals surface area contributed by atoms with Crippen LogP contribution in [0, 0.1) is 0 Å². The van der Waals surface area contributed by atoms with E-state index in [-0.39, 0.29) is 6.61 Å². The van der Waals surface area contributed by atoms with Gasteiger partial charge in [0.2, 0.25) is 5.80 Å². The molecule has 0 amide bonds. The first-order valence-corrected chi connectivity index (χ1v) is 3.52. The quantitative estimate of drug-likeness (QED) is 0.413. The molecule has 0 heterocycles. The fourth-order valence-corrected chi connectivity index (χ4v) is 0.503. The van der Waals surface area contributed by atoms with Crippen molar-refractivity contribution in [3.8, 4) is 0 Å². The van der Waals surface area contributed by atoms with Gasteiger partial charge in [0.25, 0.3) is 8.08 Å². The third kappa shape index (κ3) is 5.40. The molecule has 52 valence electrons. The Bertz CT molecular complexity index is 130. The summed E-state index contributed by atoms with van der Waals surface area (Å²) >= 11 is 0. The van der Waals surface area contributed by atoms with Crippen molar-refractivity contribution in [2.24, 2.45) is 0 Å². The predicted octanol–water partition coefficient (Wildman–Crippen LogP) is -0.00660. The van der Waals surface area contributed by atoms with Crippen molar-refractivity contribution in [3.63, 3.8) is 0 Å². The van der Waals surface area contributed by atoms with Gasteiger partial charge in [0.05, 0.1) is 6.61 Å². The summed E-state index contributed by atoms with van der Waals surface area (Å²) in [4.78, 5) is 19.8. The van der Waals surface area contributed by atoms with Crippen LogP contribution in [0.3, 0.4) is 0 Å². The maximum absolute atomic E-state index is 11.4. The second kappa shape index (κ2) is 4.41. The van der Waals surface area contributed by atoms with Crippen LogP contribution < -0.4 is 4.89 Å². The maximum Gasteiger partial charge on any atom is 0.376 e. The molecular weight excluding hydrogens is 146 g/mol. The first-order valence-electron chi connectivity index (χ1n) is 2.30. The second-order valence-corrected chi connectivity index (χ2v) is 1.96. The Kier molecular flexibility index (Phi) is 4.18. The van der Waals surface area contributed by atoms with E-state index in [0.29, 0.717) is 5.80 Å². The van der Waals surface area contributed by atoms with Crippen molar-refractivity contribution in [1.82, 2.24) is 0 Å². The Hall–Kier alpha value is -0.470. The highest BCUT2D eigenvalue weighted by atomic mass is 31.1. The van der Waals surface area contributed by atoms with Crippen molar-refractivity contribution >= 4 is 19.8 Å². The van der Waals surface area contributed by atoms with Crippen LogP contribution in [0.2, 0.25) is 0 Å². The Labute approximate surface area is 53.0 Å². The molecule has 1 unspecified atom stereocenters. The van der Waals surface area contributed by atoms with E-state index in [1.54, 1.807) is 6.92 Å². The zero-order chi connectivity index (χ0) is 7.28. The van der Waals surface area contributed by atoms with Crippen LogP contribution in [-0.4, -0.2) is 18.4 Å². The highest BCUT2D eigenvalue weighted by molar-refractivity contribution is 7.46. The first-order chi connectivity index (χ1) is 4.16. The van der Waals surface area contributed by atoms with Gasteiger partial charge in [-0.3, -0.25) is 0 Å². The molecule has 0 aromatic carbocycles. The van der Waals surface area contributed by atoms with Gasteiger partial charge in [-0.1, -0.05) is 0 Å². The Morgan fingerprint density at radius 3 is 2.89 bits per heavy atom. The van der Waals surface area contributed by atoms with Crippen LogP contribution in [0.4, 0.5) is 4.20 Å². The first kappa shape index (κ1) is 8.53. The minimum absolute atomic E-state index is 0.165. The van der Waals surface area contributed by atoms with E-state index in [4.69, 9.17) is 0 Å². The molecule has 0 bridgehead atoms. The Balaban J connectivity index is 3.63. The number of carbonyl (C=O) groups excluding carboxylic acids is 1. The molecule has 5 heteroatoms. The van der Waals surface area contributed by atoms with E-state index in [2.05, 4.69) is 4.74 Å². The molecule has 0 N–H and O–H groups in total. The molecule has 0 spiro atoms. The van der Waals surface area contributed by atoms with E-state index in [9.17, 15) is 13.9 Å². The molecule has 0 saturated carbocycles. The zero-order valence-corrected chi connectivity index (χ0v) is 5.73. The van der Waals surface area contributed by atoms with Crippen LogP contribution in [0.1, 0.15) is 6.92 Å². The number of rotatable bonds is 2. The number of carbonyl (C=O) groups is 1. The summed E-state index contributed by atoms with van der Waals surface area (Å²) in [6, 6.07) is 0. The van der Waals surface area contributed by atoms with Crippen LogP contribution in [0.15, 0.2) is 0 Å². The zero-order valence-electron chi connectivity index (χ0n) is 4.83. The van der Waals surface area contributed by atoms with E-state index in [1.165, 1.54) is 0 Å². The van der Waals surface area contributed by atoms with Gasteiger partial charge in [-0.15, -0.1) is 0 Å². The average molecular weight is 152 g/mol. The van der Waals surface area contributed by atoms with E-state index in [1.807, 2.05) is 0 Å². The van der Waals surface area contributed by atoms with Gasteiger partial charge >= 0.3 is 5.97 Å². The van der Waals surface area contributed by atoms with Gasteiger partial charge < -0.3 is 9.63 Å². The molecule has 1 atom stereocenters. The third-order valence-corrected chi connectivity index (χ3v) is 0.907. The molecule has 3 nitrogen and oxygen atoms in total. The Morgan fingerprint density at radius 1 is 2.00 bits per heavy atom. The fourth-order valence-electron chi connectivity index (χ4n) is 0.262. The standard InChI is InChI=1S/C4H6FO3P/c1-2-8-4(6)3-9(5)7/h3H,2H2,1H3. The monoisotopic (exact) mass is 152 g/mol. The lowest BCUT2D eigenvalue weighted by Gasteiger charge is -1.90. The molecular formula is C4H6FO3P. The summed E-state index contributed by atoms with van der Waals surface area (Å²) in [6.45, 7) is 1.75. The van der Waals surface area contributed by atoms with Crippen LogP contribution >= 0.6 is 8.08 Å². The lowest BCUT2D eigenvalue weighted by Crippen LogP contribution is -2.05. The van der Waals surface area contributed by atoms with Crippen molar-refractivity contribution in [3.05, 3.63) is 0 Å². The summed E-state index contributed by atoms with van der Waals surface area (Å²) in [7, 11) is -3.00. The van der Waals surface area contributed by atoms with Crippen LogP contribution in [0.25, 0.3) is 0 Å². The molecule has 0 saturated heterocycles. The van der Waals surface area contributed by atoms with Crippen LogP contribution in [-0.2, 0) is 9.53 Å². The van der Waals surface area contributed by atoms with Gasteiger partial charge in [0.1, 0.15) is 0 Å². The number of hydrogen-bond donors (Lipinski definition) is 0. The highest BCUT2D eigenvalue weighted by Crippen LogP contribution is 2.07. The molecule has 0 fully saturated rings. The van der Waals surface area contributed by atoms with Gasteiger partial charge in [0.15, 0.2) is 0 Å². The summed E-state index contributed by atoms with van der Waals surface area (Å²) in [5.74, 6) is -0.472. The summed E-state index contributed by atoms with van der Waals surface area (Å²) in [6.07, 6.45) is 0. The predicted molar refractivity (Wildman–Crippen MR) is 30.7 cm³/mol. The number of hydrogen-bond acceptors (Lipinski definition) is 3.